The van der Waals surface area contributed by atoms with Crippen molar-refractivity contribution in [2.75, 3.05) is 0 Å². The second-order valence-corrected chi connectivity index (χ2v) is 4.34. The van der Waals surface area contributed by atoms with Gasteiger partial charge >= 0.3 is 11.9 Å². The van der Waals surface area contributed by atoms with E-state index in [0.29, 0.717) is 5.70 Å². The van der Waals surface area contributed by atoms with Crippen molar-refractivity contribution in [1.82, 2.24) is 5.32 Å². The van der Waals surface area contributed by atoms with E-state index in [1.807, 2.05) is 0 Å². The number of aliphatic carboxylic acids is 2. The Labute approximate surface area is 105 Å². The number of carboxylic acids is 2. The van der Waals surface area contributed by atoms with Gasteiger partial charge in [-0.15, -0.1) is 0 Å². The Morgan fingerprint density at radius 3 is 2.44 bits per heavy atom. The van der Waals surface area contributed by atoms with Crippen LogP contribution in [0.1, 0.15) is 26.7 Å². The summed E-state index contributed by atoms with van der Waals surface area (Å²) in [5, 5.41) is 30.9. The zero-order chi connectivity index (χ0) is 13.9. The first-order valence-electron chi connectivity index (χ1n) is 5.64. The molecule has 1 rings (SSSR count). The molecule has 1 aliphatic heterocycles. The van der Waals surface area contributed by atoms with Gasteiger partial charge in [0.25, 0.3) is 0 Å². The third kappa shape index (κ3) is 2.47. The number of dihydropyridines is 1. The molecule has 0 aromatic heterocycles. The van der Waals surface area contributed by atoms with Gasteiger partial charge in [-0.25, -0.2) is 0 Å². The van der Waals surface area contributed by atoms with Crippen LogP contribution >= 0.6 is 0 Å². The molecule has 4 N–H and O–H groups in total. The van der Waals surface area contributed by atoms with Crippen LogP contribution < -0.4 is 5.32 Å². The third-order valence-electron chi connectivity index (χ3n) is 3.20. The molecule has 0 aromatic carbocycles. The molecule has 6 nitrogen and oxygen atoms in total. The first-order valence-corrected chi connectivity index (χ1v) is 5.64. The van der Waals surface area contributed by atoms with Crippen LogP contribution in [0, 0.1) is 5.92 Å². The summed E-state index contributed by atoms with van der Waals surface area (Å²) in [6.45, 7) is 3.43. The van der Waals surface area contributed by atoms with Crippen LogP contribution in [0.4, 0.5) is 0 Å². The molecule has 0 saturated carbocycles. The maximum atomic E-state index is 11.3. The minimum atomic E-state index is -1.26. The lowest BCUT2D eigenvalue weighted by Gasteiger charge is -2.40. The predicted molar refractivity (Wildman–Crippen MR) is 64.0 cm³/mol. The Balaban J connectivity index is 3.20. The number of aliphatic hydroxyl groups is 1. The molecule has 18 heavy (non-hydrogen) atoms. The lowest BCUT2D eigenvalue weighted by molar-refractivity contribution is -0.151. The van der Waals surface area contributed by atoms with E-state index >= 15 is 0 Å². The summed E-state index contributed by atoms with van der Waals surface area (Å²) in [5.74, 6) is -3.84. The van der Waals surface area contributed by atoms with E-state index in [9.17, 15) is 19.8 Å². The largest absolute Gasteiger partial charge is 0.510 e. The van der Waals surface area contributed by atoms with Crippen molar-refractivity contribution >= 4 is 11.9 Å². The minimum Gasteiger partial charge on any atom is -0.510 e. The number of hydrogen-bond donors (Lipinski definition) is 4. The maximum absolute atomic E-state index is 11.3. The van der Waals surface area contributed by atoms with Gasteiger partial charge in [0.1, 0.15) is 11.3 Å². The quantitative estimate of drug-likeness (QED) is 0.589. The van der Waals surface area contributed by atoms with E-state index in [4.69, 9.17) is 5.11 Å². The number of aliphatic hydroxyl groups excluding tert-OH is 1. The summed E-state index contributed by atoms with van der Waals surface area (Å²) < 4.78 is 0. The molecule has 2 unspecified atom stereocenters. The first kappa shape index (κ1) is 14.1. The number of carbonyl (C=O) groups is 2. The van der Waals surface area contributed by atoms with Gasteiger partial charge in [-0.1, -0.05) is 6.92 Å². The molecule has 0 fully saturated rings. The fraction of sp³-hybridized carbons (Fsp3) is 0.500. The highest BCUT2D eigenvalue weighted by atomic mass is 16.4. The molecule has 6 heteroatoms. The smallest absolute Gasteiger partial charge is 0.309 e. The van der Waals surface area contributed by atoms with Crippen molar-refractivity contribution in [2.45, 2.75) is 32.2 Å². The van der Waals surface area contributed by atoms with Gasteiger partial charge in [-0.2, -0.15) is 0 Å². The van der Waals surface area contributed by atoms with Gasteiger partial charge in [0.2, 0.25) is 0 Å². The molecule has 100 valence electrons. The van der Waals surface area contributed by atoms with Crippen molar-refractivity contribution in [3.8, 4) is 0 Å². The number of rotatable bonds is 5. The molecular formula is C12H17NO5. The standard InChI is InChI=1S/C12H17NO5/c1-3-12(8(11(17)18)6-10(15)16)9(14)5-4-7(2)13-12/h4-5,8,13-14H,3,6H2,1-2H3,(H,15,16)(H,17,18). The summed E-state index contributed by atoms with van der Waals surface area (Å²) in [6, 6.07) is 0. The Morgan fingerprint density at radius 1 is 1.39 bits per heavy atom. The van der Waals surface area contributed by atoms with Crippen LogP contribution in [0.5, 0.6) is 0 Å². The molecule has 0 bridgehead atoms. The summed E-state index contributed by atoms with van der Waals surface area (Å²) in [5.41, 5.74) is -0.574. The Bertz CT molecular complexity index is 426. The molecule has 0 aromatic rings. The van der Waals surface area contributed by atoms with E-state index in [1.165, 1.54) is 6.08 Å². The highest BCUT2D eigenvalue weighted by Gasteiger charge is 2.47. The normalized spacial score (nSPS) is 24.6. The Kier molecular flexibility index (Phi) is 4.00. The fourth-order valence-corrected chi connectivity index (χ4v) is 2.24. The van der Waals surface area contributed by atoms with Crippen LogP contribution in [-0.4, -0.2) is 32.8 Å². The van der Waals surface area contributed by atoms with Crippen molar-refractivity contribution in [2.24, 2.45) is 5.92 Å². The van der Waals surface area contributed by atoms with E-state index in [0.717, 1.165) is 0 Å². The summed E-state index contributed by atoms with van der Waals surface area (Å²) >= 11 is 0. The number of hydrogen-bond acceptors (Lipinski definition) is 4. The molecule has 0 aliphatic carbocycles. The Hall–Kier alpha value is -1.98. The van der Waals surface area contributed by atoms with Gasteiger partial charge in [-0.3, -0.25) is 9.59 Å². The summed E-state index contributed by atoms with van der Waals surface area (Å²) in [7, 11) is 0. The SMILES string of the molecule is CCC1(C(CC(=O)O)C(=O)O)NC(C)=CC=C1O. The highest BCUT2D eigenvalue weighted by molar-refractivity contribution is 5.80. The monoisotopic (exact) mass is 255 g/mol. The lowest BCUT2D eigenvalue weighted by Crippen LogP contribution is -2.56. The van der Waals surface area contributed by atoms with Crippen LogP contribution in [-0.2, 0) is 9.59 Å². The molecule has 0 amide bonds. The minimum absolute atomic E-state index is 0.149. The highest BCUT2D eigenvalue weighted by Crippen LogP contribution is 2.34. The van der Waals surface area contributed by atoms with Crippen molar-refractivity contribution < 1.29 is 24.9 Å². The zero-order valence-corrected chi connectivity index (χ0v) is 10.3. The summed E-state index contributed by atoms with van der Waals surface area (Å²) in [4.78, 5) is 22.1. The van der Waals surface area contributed by atoms with Crippen molar-refractivity contribution in [3.05, 3.63) is 23.6 Å². The molecule has 1 aliphatic rings. The van der Waals surface area contributed by atoms with E-state index in [1.54, 1.807) is 19.9 Å². The third-order valence-corrected chi connectivity index (χ3v) is 3.20. The summed E-state index contributed by atoms with van der Waals surface area (Å²) in [6.07, 6.45) is 2.74. The average molecular weight is 255 g/mol. The number of carboxylic acid groups (broad SMARTS) is 2. The predicted octanol–water partition coefficient (Wildman–Crippen LogP) is 1.26. The zero-order valence-electron chi connectivity index (χ0n) is 10.3. The topological polar surface area (TPSA) is 107 Å². The van der Waals surface area contributed by atoms with Gasteiger partial charge in [0, 0.05) is 5.70 Å². The number of nitrogens with one attached hydrogen (secondary N) is 1. The molecule has 0 saturated heterocycles. The number of allylic oxidation sites excluding steroid dienone is 3. The molecule has 2 atom stereocenters. The maximum Gasteiger partial charge on any atom is 0.309 e. The second kappa shape index (κ2) is 5.12. The molecule has 0 spiro atoms. The van der Waals surface area contributed by atoms with E-state index < -0.39 is 29.8 Å². The molecular weight excluding hydrogens is 238 g/mol. The lowest BCUT2D eigenvalue weighted by atomic mass is 9.76. The van der Waals surface area contributed by atoms with Crippen LogP contribution in [0.25, 0.3) is 0 Å². The van der Waals surface area contributed by atoms with Crippen molar-refractivity contribution in [1.29, 1.82) is 0 Å². The van der Waals surface area contributed by atoms with E-state index in [2.05, 4.69) is 5.32 Å². The molecule has 0 radical (unpaired) electrons. The first-order chi connectivity index (χ1) is 8.33. The van der Waals surface area contributed by atoms with Crippen molar-refractivity contribution in [3.63, 3.8) is 0 Å². The molecule has 1 heterocycles. The van der Waals surface area contributed by atoms with Gasteiger partial charge < -0.3 is 20.6 Å². The average Bonchev–Trinajstić information content (AvgIpc) is 2.29. The van der Waals surface area contributed by atoms with Crippen LogP contribution in [0.2, 0.25) is 0 Å². The van der Waals surface area contributed by atoms with Crippen LogP contribution in [0.15, 0.2) is 23.6 Å². The van der Waals surface area contributed by atoms with E-state index in [-0.39, 0.29) is 12.2 Å². The van der Waals surface area contributed by atoms with Gasteiger partial charge in [-0.05, 0) is 25.5 Å². The fourth-order valence-electron chi connectivity index (χ4n) is 2.24. The Morgan fingerprint density at radius 2 is 2.00 bits per heavy atom. The van der Waals surface area contributed by atoms with Gasteiger partial charge in [0.05, 0.1) is 12.3 Å². The van der Waals surface area contributed by atoms with Gasteiger partial charge in [0.15, 0.2) is 0 Å². The van der Waals surface area contributed by atoms with Crippen LogP contribution in [0.3, 0.4) is 0 Å². The second-order valence-electron chi connectivity index (χ2n) is 4.34.